The zero-order valence-corrected chi connectivity index (χ0v) is 16.8. The normalized spacial score (nSPS) is 10.8. The van der Waals surface area contributed by atoms with Gasteiger partial charge >= 0.3 is 0 Å². The third kappa shape index (κ3) is 3.96. The molecule has 2 N–H and O–H groups in total. The summed E-state index contributed by atoms with van der Waals surface area (Å²) >= 11 is 1.53. The van der Waals surface area contributed by atoms with Crippen LogP contribution in [0.3, 0.4) is 0 Å². The SMILES string of the molecule is O=C(Nc1cc(NC(=O)c2ccco2)cc(-c2nc3ccccc3s2)c1)c1ccco1. The second kappa shape index (κ2) is 7.92. The second-order valence-electron chi connectivity index (χ2n) is 6.65. The van der Waals surface area contributed by atoms with Gasteiger partial charge in [0.1, 0.15) is 5.01 Å². The number of fused-ring (bicyclic) bond motifs is 1. The first-order chi connectivity index (χ1) is 15.2. The molecule has 0 aliphatic carbocycles. The Bertz CT molecular complexity index is 1270. The summed E-state index contributed by atoms with van der Waals surface area (Å²) in [4.78, 5) is 29.6. The molecule has 31 heavy (non-hydrogen) atoms. The van der Waals surface area contributed by atoms with Crippen LogP contribution in [0.1, 0.15) is 21.1 Å². The summed E-state index contributed by atoms with van der Waals surface area (Å²) in [6.45, 7) is 0. The Balaban J connectivity index is 1.52. The molecule has 0 fully saturated rings. The van der Waals surface area contributed by atoms with Crippen LogP contribution < -0.4 is 10.6 Å². The monoisotopic (exact) mass is 429 g/mol. The lowest BCUT2D eigenvalue weighted by molar-refractivity contribution is 0.0990. The Morgan fingerprint density at radius 1 is 0.774 bits per heavy atom. The van der Waals surface area contributed by atoms with Crippen LogP contribution >= 0.6 is 11.3 Å². The fourth-order valence-electron chi connectivity index (χ4n) is 3.09. The molecule has 0 spiro atoms. The van der Waals surface area contributed by atoms with Gasteiger partial charge in [0.25, 0.3) is 11.8 Å². The summed E-state index contributed by atoms with van der Waals surface area (Å²) < 4.78 is 11.4. The molecule has 0 saturated carbocycles. The Morgan fingerprint density at radius 2 is 1.39 bits per heavy atom. The molecule has 2 aromatic carbocycles. The van der Waals surface area contributed by atoms with Crippen molar-refractivity contribution >= 4 is 44.7 Å². The van der Waals surface area contributed by atoms with Gasteiger partial charge in [-0.25, -0.2) is 4.98 Å². The van der Waals surface area contributed by atoms with Crippen LogP contribution in [0.25, 0.3) is 20.8 Å². The number of rotatable bonds is 5. The molecular formula is C23H15N3O4S. The highest BCUT2D eigenvalue weighted by Gasteiger charge is 2.15. The topological polar surface area (TPSA) is 97.4 Å². The third-order valence-electron chi connectivity index (χ3n) is 4.48. The van der Waals surface area contributed by atoms with Gasteiger partial charge in [0.15, 0.2) is 11.5 Å². The molecule has 8 heteroatoms. The molecular weight excluding hydrogens is 414 g/mol. The standard InChI is InChI=1S/C23H15N3O4S/c27-21(18-6-3-9-29-18)24-15-11-14(23-26-17-5-1-2-8-20(17)31-23)12-16(13-15)25-22(28)19-7-4-10-30-19/h1-13H,(H,24,27)(H,25,28). The van der Waals surface area contributed by atoms with E-state index in [1.165, 1.54) is 23.9 Å². The van der Waals surface area contributed by atoms with Crippen LogP contribution in [-0.2, 0) is 0 Å². The molecule has 0 bridgehead atoms. The number of aromatic nitrogens is 1. The van der Waals surface area contributed by atoms with Gasteiger partial charge in [-0.3, -0.25) is 9.59 Å². The molecule has 0 atom stereocenters. The van der Waals surface area contributed by atoms with E-state index < -0.39 is 11.8 Å². The highest BCUT2D eigenvalue weighted by Crippen LogP contribution is 2.33. The molecule has 152 valence electrons. The number of hydrogen-bond acceptors (Lipinski definition) is 6. The molecule has 3 heterocycles. The highest BCUT2D eigenvalue weighted by molar-refractivity contribution is 7.21. The van der Waals surface area contributed by atoms with Gasteiger partial charge in [0.05, 0.1) is 22.7 Å². The zero-order chi connectivity index (χ0) is 21.2. The Morgan fingerprint density at radius 3 is 1.94 bits per heavy atom. The van der Waals surface area contributed by atoms with Crippen molar-refractivity contribution in [3.8, 4) is 10.6 Å². The van der Waals surface area contributed by atoms with Crippen molar-refractivity contribution in [3.05, 3.63) is 90.8 Å². The van der Waals surface area contributed by atoms with Crippen LogP contribution in [0.4, 0.5) is 11.4 Å². The summed E-state index contributed by atoms with van der Waals surface area (Å²) in [6, 6.07) is 19.5. The van der Waals surface area contributed by atoms with Crippen molar-refractivity contribution in [1.29, 1.82) is 0 Å². The summed E-state index contributed by atoms with van der Waals surface area (Å²) in [5.74, 6) is -0.414. The van der Waals surface area contributed by atoms with Crippen molar-refractivity contribution in [2.24, 2.45) is 0 Å². The van der Waals surface area contributed by atoms with E-state index in [9.17, 15) is 9.59 Å². The predicted molar refractivity (Wildman–Crippen MR) is 118 cm³/mol. The van der Waals surface area contributed by atoms with Crippen LogP contribution in [0.2, 0.25) is 0 Å². The van der Waals surface area contributed by atoms with E-state index in [0.717, 1.165) is 20.8 Å². The van der Waals surface area contributed by atoms with Crippen molar-refractivity contribution in [2.75, 3.05) is 10.6 Å². The summed E-state index contributed by atoms with van der Waals surface area (Å²) in [6.07, 6.45) is 2.86. The van der Waals surface area contributed by atoms with Gasteiger partial charge in [0.2, 0.25) is 0 Å². The average molecular weight is 429 g/mol. The molecule has 0 aliphatic heterocycles. The summed E-state index contributed by atoms with van der Waals surface area (Å²) in [5.41, 5.74) is 2.63. The molecule has 0 aliphatic rings. The van der Waals surface area contributed by atoms with Gasteiger partial charge in [-0.05, 0) is 54.6 Å². The number of anilines is 2. The number of thiazole rings is 1. The maximum atomic E-state index is 12.5. The number of carbonyl (C=O) groups excluding carboxylic acids is 2. The fraction of sp³-hybridized carbons (Fsp3) is 0. The minimum Gasteiger partial charge on any atom is -0.459 e. The van der Waals surface area contributed by atoms with Crippen LogP contribution in [0, 0.1) is 0 Å². The van der Waals surface area contributed by atoms with Crippen molar-refractivity contribution < 1.29 is 18.4 Å². The van der Waals surface area contributed by atoms with Crippen molar-refractivity contribution in [1.82, 2.24) is 4.98 Å². The Hall–Kier alpha value is -4.17. The smallest absolute Gasteiger partial charge is 0.291 e. The quantitative estimate of drug-likeness (QED) is 0.376. The molecule has 5 aromatic rings. The van der Waals surface area contributed by atoms with Crippen molar-refractivity contribution in [2.45, 2.75) is 0 Å². The number of nitrogens with zero attached hydrogens (tertiary/aromatic N) is 1. The number of para-hydroxylation sites is 1. The molecule has 0 saturated heterocycles. The summed E-state index contributed by atoms with van der Waals surface area (Å²) in [7, 11) is 0. The number of hydrogen-bond donors (Lipinski definition) is 2. The summed E-state index contributed by atoms with van der Waals surface area (Å²) in [5, 5.41) is 6.38. The first-order valence-electron chi connectivity index (χ1n) is 9.36. The molecule has 0 unspecified atom stereocenters. The maximum Gasteiger partial charge on any atom is 0.291 e. The van der Waals surface area contributed by atoms with Gasteiger partial charge in [-0.2, -0.15) is 0 Å². The predicted octanol–water partition coefficient (Wildman–Crippen LogP) is 5.65. The lowest BCUT2D eigenvalue weighted by Crippen LogP contribution is -2.13. The first kappa shape index (κ1) is 18.8. The first-order valence-corrected chi connectivity index (χ1v) is 10.2. The third-order valence-corrected chi connectivity index (χ3v) is 5.56. The number of nitrogens with one attached hydrogen (secondary N) is 2. The minimum absolute atomic E-state index is 0.187. The van der Waals surface area contributed by atoms with E-state index in [2.05, 4.69) is 15.6 Å². The lowest BCUT2D eigenvalue weighted by Gasteiger charge is -2.10. The van der Waals surface area contributed by atoms with Gasteiger partial charge in [-0.15, -0.1) is 11.3 Å². The van der Waals surface area contributed by atoms with E-state index in [-0.39, 0.29) is 11.5 Å². The molecule has 7 nitrogen and oxygen atoms in total. The molecule has 5 rings (SSSR count). The Kier molecular flexibility index (Phi) is 4.81. The molecule has 0 radical (unpaired) electrons. The van der Waals surface area contributed by atoms with Gasteiger partial charge in [0, 0.05) is 16.9 Å². The van der Waals surface area contributed by atoms with Crippen molar-refractivity contribution in [3.63, 3.8) is 0 Å². The minimum atomic E-state index is -0.394. The largest absolute Gasteiger partial charge is 0.459 e. The number of carbonyl (C=O) groups is 2. The molecule has 2 amide bonds. The zero-order valence-electron chi connectivity index (χ0n) is 16.0. The maximum absolute atomic E-state index is 12.5. The average Bonchev–Trinajstić information content (AvgIpc) is 3.55. The highest BCUT2D eigenvalue weighted by atomic mass is 32.1. The van der Waals surface area contributed by atoms with Gasteiger partial charge < -0.3 is 19.5 Å². The lowest BCUT2D eigenvalue weighted by atomic mass is 10.1. The van der Waals surface area contributed by atoms with Gasteiger partial charge in [-0.1, -0.05) is 12.1 Å². The fourth-order valence-corrected chi connectivity index (χ4v) is 4.04. The van der Waals surface area contributed by atoms with E-state index in [1.807, 2.05) is 24.3 Å². The van der Waals surface area contributed by atoms with Crippen LogP contribution in [0.15, 0.2) is 88.1 Å². The number of benzene rings is 2. The van der Waals surface area contributed by atoms with Crippen LogP contribution in [-0.4, -0.2) is 16.8 Å². The van der Waals surface area contributed by atoms with E-state index in [0.29, 0.717) is 11.4 Å². The number of furan rings is 2. The number of amides is 2. The van der Waals surface area contributed by atoms with Crippen LogP contribution in [0.5, 0.6) is 0 Å². The second-order valence-corrected chi connectivity index (χ2v) is 7.68. The van der Waals surface area contributed by atoms with E-state index in [1.54, 1.807) is 42.5 Å². The van der Waals surface area contributed by atoms with E-state index >= 15 is 0 Å². The molecule has 3 aromatic heterocycles. The Labute approximate surface area is 180 Å². The van der Waals surface area contributed by atoms with E-state index in [4.69, 9.17) is 8.83 Å².